The lowest BCUT2D eigenvalue weighted by atomic mass is 10.2. The first-order chi connectivity index (χ1) is 6.60. The van der Waals surface area contributed by atoms with Crippen LogP contribution >= 0.6 is 0 Å². The quantitative estimate of drug-likeness (QED) is 0.783. The molecule has 1 unspecified atom stereocenters. The molecule has 4 heteroatoms. The van der Waals surface area contributed by atoms with Gasteiger partial charge in [0.2, 0.25) is 0 Å². The Morgan fingerprint density at radius 1 is 1.50 bits per heavy atom. The number of methoxy groups -OCH3 is 1. The van der Waals surface area contributed by atoms with E-state index in [-0.39, 0.29) is 6.10 Å². The summed E-state index contributed by atoms with van der Waals surface area (Å²) in [4.78, 5) is 0. The molecule has 14 heavy (non-hydrogen) atoms. The maximum Gasteiger partial charge on any atom is 0.0739 e. The topological polar surface area (TPSA) is 53.1 Å². The predicted molar refractivity (Wildman–Crippen MR) is 56.1 cm³/mol. The molecule has 0 aliphatic carbocycles. The smallest absolute Gasteiger partial charge is 0.0739 e. The third-order valence-electron chi connectivity index (χ3n) is 2.57. The number of aryl methyl sites for hydroxylation is 1. The van der Waals surface area contributed by atoms with Crippen LogP contribution in [0.25, 0.3) is 0 Å². The molecule has 0 spiro atoms. The van der Waals surface area contributed by atoms with E-state index in [9.17, 15) is 0 Å². The van der Waals surface area contributed by atoms with Gasteiger partial charge in [0.1, 0.15) is 0 Å². The summed E-state index contributed by atoms with van der Waals surface area (Å²) in [6.45, 7) is 7.40. The van der Waals surface area contributed by atoms with Crippen molar-refractivity contribution in [1.82, 2.24) is 9.78 Å². The van der Waals surface area contributed by atoms with E-state index < -0.39 is 0 Å². The van der Waals surface area contributed by atoms with Gasteiger partial charge in [0, 0.05) is 24.9 Å². The third-order valence-corrected chi connectivity index (χ3v) is 2.57. The Morgan fingerprint density at radius 2 is 2.14 bits per heavy atom. The Kier molecular flexibility index (Phi) is 3.66. The molecule has 1 rings (SSSR count). The maximum absolute atomic E-state index is 5.64. The SMILES string of the molecule is COC(C)Cn1nc(C)c(CN)c1C. The summed E-state index contributed by atoms with van der Waals surface area (Å²) in [5.41, 5.74) is 8.96. The lowest BCUT2D eigenvalue weighted by molar-refractivity contribution is 0.0991. The summed E-state index contributed by atoms with van der Waals surface area (Å²) in [5.74, 6) is 0. The van der Waals surface area contributed by atoms with Crippen molar-refractivity contribution in [3.8, 4) is 0 Å². The summed E-state index contributed by atoms with van der Waals surface area (Å²) in [7, 11) is 1.71. The van der Waals surface area contributed by atoms with Crippen LogP contribution in [-0.4, -0.2) is 23.0 Å². The van der Waals surface area contributed by atoms with Gasteiger partial charge < -0.3 is 10.5 Å². The van der Waals surface area contributed by atoms with E-state index in [4.69, 9.17) is 10.5 Å². The first kappa shape index (κ1) is 11.2. The Bertz CT molecular complexity index is 307. The van der Waals surface area contributed by atoms with Gasteiger partial charge in [0.05, 0.1) is 18.3 Å². The van der Waals surface area contributed by atoms with Crippen molar-refractivity contribution in [1.29, 1.82) is 0 Å². The highest BCUT2D eigenvalue weighted by Gasteiger charge is 2.11. The molecule has 1 aromatic heterocycles. The Morgan fingerprint density at radius 3 is 2.57 bits per heavy atom. The van der Waals surface area contributed by atoms with E-state index >= 15 is 0 Å². The summed E-state index contributed by atoms with van der Waals surface area (Å²) < 4.78 is 7.16. The van der Waals surface area contributed by atoms with E-state index in [1.54, 1.807) is 7.11 Å². The minimum absolute atomic E-state index is 0.179. The minimum Gasteiger partial charge on any atom is -0.380 e. The number of rotatable bonds is 4. The molecule has 0 aliphatic heterocycles. The normalized spacial score (nSPS) is 13.2. The van der Waals surface area contributed by atoms with Crippen LogP contribution in [0.2, 0.25) is 0 Å². The van der Waals surface area contributed by atoms with E-state index in [0.29, 0.717) is 6.54 Å². The van der Waals surface area contributed by atoms with Crippen LogP contribution in [0.5, 0.6) is 0 Å². The van der Waals surface area contributed by atoms with Gasteiger partial charge in [0.15, 0.2) is 0 Å². The number of hydrogen-bond donors (Lipinski definition) is 1. The summed E-state index contributed by atoms with van der Waals surface area (Å²) in [6, 6.07) is 0. The maximum atomic E-state index is 5.64. The van der Waals surface area contributed by atoms with Gasteiger partial charge >= 0.3 is 0 Å². The fourth-order valence-corrected chi connectivity index (χ4v) is 1.53. The molecule has 0 amide bonds. The second kappa shape index (κ2) is 4.57. The van der Waals surface area contributed by atoms with Crippen LogP contribution in [0.4, 0.5) is 0 Å². The van der Waals surface area contributed by atoms with E-state index in [1.807, 2.05) is 25.5 Å². The monoisotopic (exact) mass is 197 g/mol. The van der Waals surface area contributed by atoms with Crippen LogP contribution in [0.15, 0.2) is 0 Å². The number of aromatic nitrogens is 2. The molecule has 0 bridgehead atoms. The molecule has 0 saturated heterocycles. The molecule has 1 aromatic rings. The number of hydrogen-bond acceptors (Lipinski definition) is 3. The Balaban J connectivity index is 2.88. The van der Waals surface area contributed by atoms with E-state index in [0.717, 1.165) is 23.5 Å². The van der Waals surface area contributed by atoms with Crippen molar-refractivity contribution in [2.24, 2.45) is 5.73 Å². The van der Waals surface area contributed by atoms with Crippen LogP contribution < -0.4 is 5.73 Å². The molecular formula is C10H19N3O. The zero-order valence-electron chi connectivity index (χ0n) is 9.37. The van der Waals surface area contributed by atoms with Crippen molar-refractivity contribution in [2.45, 2.75) is 40.0 Å². The second-order valence-corrected chi connectivity index (χ2v) is 3.58. The van der Waals surface area contributed by atoms with Crippen LogP contribution in [0.1, 0.15) is 23.9 Å². The van der Waals surface area contributed by atoms with Gasteiger partial charge in [0.25, 0.3) is 0 Å². The largest absolute Gasteiger partial charge is 0.380 e. The molecule has 1 heterocycles. The number of nitrogens with zero attached hydrogens (tertiary/aromatic N) is 2. The first-order valence-corrected chi connectivity index (χ1v) is 4.85. The average Bonchev–Trinajstić information content (AvgIpc) is 2.42. The third kappa shape index (κ3) is 2.13. The molecule has 2 N–H and O–H groups in total. The zero-order chi connectivity index (χ0) is 10.7. The van der Waals surface area contributed by atoms with Gasteiger partial charge in [-0.25, -0.2) is 0 Å². The lowest BCUT2D eigenvalue weighted by Gasteiger charge is -2.10. The lowest BCUT2D eigenvalue weighted by Crippen LogP contribution is -2.17. The Hall–Kier alpha value is -0.870. The first-order valence-electron chi connectivity index (χ1n) is 4.85. The minimum atomic E-state index is 0.179. The molecule has 80 valence electrons. The highest BCUT2D eigenvalue weighted by Crippen LogP contribution is 2.12. The molecule has 0 aliphatic rings. The van der Waals surface area contributed by atoms with Gasteiger partial charge in [-0.2, -0.15) is 5.10 Å². The fraction of sp³-hybridized carbons (Fsp3) is 0.700. The summed E-state index contributed by atoms with van der Waals surface area (Å²) in [6.07, 6.45) is 0.179. The van der Waals surface area contributed by atoms with Gasteiger partial charge in [-0.15, -0.1) is 0 Å². The van der Waals surface area contributed by atoms with Crippen molar-refractivity contribution < 1.29 is 4.74 Å². The Labute approximate surface area is 85.0 Å². The molecule has 0 aromatic carbocycles. The molecule has 0 saturated carbocycles. The molecule has 0 radical (unpaired) electrons. The standard InChI is InChI=1S/C10H19N3O/c1-7(14-4)6-13-9(3)10(5-11)8(2)12-13/h7H,5-6,11H2,1-4H3. The molecule has 0 fully saturated rings. The van der Waals surface area contributed by atoms with E-state index in [2.05, 4.69) is 5.10 Å². The fourth-order valence-electron chi connectivity index (χ4n) is 1.53. The van der Waals surface area contributed by atoms with Gasteiger partial charge in [-0.1, -0.05) is 0 Å². The number of nitrogens with two attached hydrogens (primary N) is 1. The highest BCUT2D eigenvalue weighted by molar-refractivity contribution is 5.23. The van der Waals surface area contributed by atoms with Crippen LogP contribution in [0.3, 0.4) is 0 Å². The highest BCUT2D eigenvalue weighted by atomic mass is 16.5. The van der Waals surface area contributed by atoms with Crippen LogP contribution in [-0.2, 0) is 17.8 Å². The predicted octanol–water partition coefficient (Wildman–Crippen LogP) is 0.994. The summed E-state index contributed by atoms with van der Waals surface area (Å²) >= 11 is 0. The average molecular weight is 197 g/mol. The van der Waals surface area contributed by atoms with Crippen molar-refractivity contribution in [3.63, 3.8) is 0 Å². The zero-order valence-corrected chi connectivity index (χ0v) is 9.37. The second-order valence-electron chi connectivity index (χ2n) is 3.58. The number of ether oxygens (including phenoxy) is 1. The summed E-state index contributed by atoms with van der Waals surface area (Å²) in [5, 5.41) is 4.43. The van der Waals surface area contributed by atoms with E-state index in [1.165, 1.54) is 0 Å². The van der Waals surface area contributed by atoms with Crippen molar-refractivity contribution in [2.75, 3.05) is 7.11 Å². The molecule has 1 atom stereocenters. The van der Waals surface area contributed by atoms with Crippen molar-refractivity contribution in [3.05, 3.63) is 17.0 Å². The van der Waals surface area contributed by atoms with Gasteiger partial charge in [-0.3, -0.25) is 4.68 Å². The molecular weight excluding hydrogens is 178 g/mol. The molecule has 4 nitrogen and oxygen atoms in total. The van der Waals surface area contributed by atoms with Crippen LogP contribution in [0, 0.1) is 13.8 Å². The van der Waals surface area contributed by atoms with Crippen molar-refractivity contribution >= 4 is 0 Å². The van der Waals surface area contributed by atoms with Gasteiger partial charge in [-0.05, 0) is 20.8 Å².